The van der Waals surface area contributed by atoms with Crippen LogP contribution in [0.2, 0.25) is 5.02 Å². The predicted octanol–water partition coefficient (Wildman–Crippen LogP) is 2.03. The summed E-state index contributed by atoms with van der Waals surface area (Å²) in [4.78, 5) is 28.7. The van der Waals surface area contributed by atoms with E-state index < -0.39 is 11.8 Å². The van der Waals surface area contributed by atoms with Gasteiger partial charge in [0.25, 0.3) is 5.91 Å². The van der Waals surface area contributed by atoms with E-state index in [0.717, 1.165) is 0 Å². The van der Waals surface area contributed by atoms with E-state index in [1.165, 1.54) is 10.7 Å². The first-order valence-electron chi connectivity index (χ1n) is 8.22. The van der Waals surface area contributed by atoms with Gasteiger partial charge >= 0.3 is 5.91 Å². The average Bonchev–Trinajstić information content (AvgIpc) is 3.32. The number of hydrazine groups is 1. The second-order valence-electron chi connectivity index (χ2n) is 5.82. The SMILES string of the molecule is Cc1nc(C(=O)NNC(=O)c2ccc3c(c2)OCO3)nn1-c1ccccc1Cl. The van der Waals surface area contributed by atoms with Crippen molar-refractivity contribution in [3.63, 3.8) is 0 Å². The van der Waals surface area contributed by atoms with E-state index in [1.807, 2.05) is 0 Å². The van der Waals surface area contributed by atoms with Crippen LogP contribution in [0, 0.1) is 6.92 Å². The van der Waals surface area contributed by atoms with E-state index in [2.05, 4.69) is 20.9 Å². The number of amides is 2. The molecule has 0 aliphatic carbocycles. The Morgan fingerprint density at radius 3 is 2.64 bits per heavy atom. The van der Waals surface area contributed by atoms with Crippen LogP contribution < -0.4 is 20.3 Å². The fourth-order valence-electron chi connectivity index (χ4n) is 2.62. The summed E-state index contributed by atoms with van der Waals surface area (Å²) in [6, 6.07) is 11.8. The maximum absolute atomic E-state index is 12.3. The topological polar surface area (TPSA) is 107 Å². The molecule has 28 heavy (non-hydrogen) atoms. The summed E-state index contributed by atoms with van der Waals surface area (Å²) in [5.74, 6) is 0.209. The van der Waals surface area contributed by atoms with Gasteiger partial charge in [-0.3, -0.25) is 20.4 Å². The minimum absolute atomic E-state index is 0.107. The van der Waals surface area contributed by atoms with Crippen LogP contribution in [0.5, 0.6) is 11.5 Å². The van der Waals surface area contributed by atoms with Gasteiger partial charge in [-0.1, -0.05) is 23.7 Å². The summed E-state index contributed by atoms with van der Waals surface area (Å²) in [5.41, 5.74) is 5.50. The van der Waals surface area contributed by atoms with Crippen LogP contribution in [-0.2, 0) is 0 Å². The van der Waals surface area contributed by atoms with Crippen LogP contribution in [0.15, 0.2) is 42.5 Å². The standard InChI is InChI=1S/C18H14ClN5O4/c1-10-20-16(23-24(10)13-5-3-2-4-12(13)19)18(26)22-21-17(25)11-6-7-14-15(8-11)28-9-27-14/h2-8H,9H2,1H3,(H,21,25)(H,22,26). The molecule has 0 atom stereocenters. The average molecular weight is 400 g/mol. The van der Waals surface area contributed by atoms with Crippen molar-refractivity contribution in [1.82, 2.24) is 25.6 Å². The molecule has 0 saturated carbocycles. The smallest absolute Gasteiger partial charge is 0.309 e. The van der Waals surface area contributed by atoms with Crippen LogP contribution in [0.1, 0.15) is 26.8 Å². The lowest BCUT2D eigenvalue weighted by molar-refractivity contribution is 0.0841. The predicted molar refractivity (Wildman–Crippen MR) is 98.6 cm³/mol. The second kappa shape index (κ2) is 7.20. The molecule has 0 radical (unpaired) electrons. The second-order valence-corrected chi connectivity index (χ2v) is 6.23. The van der Waals surface area contributed by atoms with E-state index in [0.29, 0.717) is 33.6 Å². The lowest BCUT2D eigenvalue weighted by Gasteiger charge is -2.06. The van der Waals surface area contributed by atoms with E-state index in [1.54, 1.807) is 43.3 Å². The Kier molecular flexibility index (Phi) is 4.58. The number of rotatable bonds is 3. The highest BCUT2D eigenvalue weighted by atomic mass is 35.5. The minimum Gasteiger partial charge on any atom is -0.454 e. The van der Waals surface area contributed by atoms with Gasteiger partial charge in [-0.2, -0.15) is 0 Å². The number of halogens is 1. The van der Waals surface area contributed by atoms with Crippen LogP contribution in [0.25, 0.3) is 5.69 Å². The molecule has 4 rings (SSSR count). The summed E-state index contributed by atoms with van der Waals surface area (Å²) in [6.07, 6.45) is 0. The van der Waals surface area contributed by atoms with Crippen LogP contribution in [0.3, 0.4) is 0 Å². The fraction of sp³-hybridized carbons (Fsp3) is 0.111. The van der Waals surface area contributed by atoms with Crippen molar-refractivity contribution >= 4 is 23.4 Å². The Hall–Kier alpha value is -3.59. The molecule has 0 spiro atoms. The number of benzene rings is 2. The van der Waals surface area contributed by atoms with Gasteiger partial charge in [0.15, 0.2) is 11.5 Å². The van der Waals surface area contributed by atoms with Crippen LogP contribution in [-0.4, -0.2) is 33.4 Å². The van der Waals surface area contributed by atoms with Gasteiger partial charge in [-0.25, -0.2) is 9.67 Å². The monoisotopic (exact) mass is 399 g/mol. The maximum atomic E-state index is 12.3. The van der Waals surface area contributed by atoms with Gasteiger partial charge in [0, 0.05) is 5.56 Å². The highest BCUT2D eigenvalue weighted by molar-refractivity contribution is 6.32. The first-order chi connectivity index (χ1) is 13.5. The number of para-hydroxylation sites is 1. The summed E-state index contributed by atoms with van der Waals surface area (Å²) in [7, 11) is 0. The molecular weight excluding hydrogens is 386 g/mol. The zero-order chi connectivity index (χ0) is 19.7. The molecule has 2 N–H and O–H groups in total. The number of hydrogen-bond acceptors (Lipinski definition) is 6. The van der Waals surface area contributed by atoms with Gasteiger partial charge in [-0.05, 0) is 37.3 Å². The molecule has 0 bridgehead atoms. The van der Waals surface area contributed by atoms with Crippen molar-refractivity contribution in [3.05, 3.63) is 64.7 Å². The molecule has 1 aliphatic heterocycles. The molecular formula is C18H14ClN5O4. The Bertz CT molecular complexity index is 1080. The molecule has 2 heterocycles. The number of carbonyl (C=O) groups is 2. The van der Waals surface area contributed by atoms with Crippen molar-refractivity contribution in [2.45, 2.75) is 6.92 Å². The van der Waals surface area contributed by atoms with Crippen molar-refractivity contribution in [3.8, 4) is 17.2 Å². The summed E-state index contributed by atoms with van der Waals surface area (Å²) < 4.78 is 11.9. The first-order valence-corrected chi connectivity index (χ1v) is 8.59. The van der Waals surface area contributed by atoms with E-state index >= 15 is 0 Å². The van der Waals surface area contributed by atoms with Gasteiger partial charge in [0.1, 0.15) is 5.82 Å². The third kappa shape index (κ3) is 3.35. The van der Waals surface area contributed by atoms with Gasteiger partial charge < -0.3 is 9.47 Å². The quantitative estimate of drug-likeness (QED) is 0.652. The van der Waals surface area contributed by atoms with Gasteiger partial charge in [-0.15, -0.1) is 5.10 Å². The molecule has 1 aromatic heterocycles. The number of hydrogen-bond donors (Lipinski definition) is 2. The van der Waals surface area contributed by atoms with Crippen LogP contribution in [0.4, 0.5) is 0 Å². The van der Waals surface area contributed by atoms with Gasteiger partial charge in [0.05, 0.1) is 10.7 Å². The molecule has 2 amide bonds. The molecule has 0 saturated heterocycles. The Labute approximate surface area is 164 Å². The third-order valence-corrected chi connectivity index (χ3v) is 4.30. The number of aromatic nitrogens is 3. The zero-order valence-electron chi connectivity index (χ0n) is 14.6. The summed E-state index contributed by atoms with van der Waals surface area (Å²) >= 11 is 6.17. The number of nitrogens with one attached hydrogen (secondary N) is 2. The number of fused-ring (bicyclic) bond motifs is 1. The molecule has 10 heteroatoms. The number of nitrogens with zero attached hydrogens (tertiary/aromatic N) is 3. The lowest BCUT2D eigenvalue weighted by Crippen LogP contribution is -2.42. The Morgan fingerprint density at radius 1 is 1.07 bits per heavy atom. The third-order valence-electron chi connectivity index (χ3n) is 3.98. The molecule has 2 aromatic carbocycles. The summed E-state index contributed by atoms with van der Waals surface area (Å²) in [6.45, 7) is 1.80. The lowest BCUT2D eigenvalue weighted by atomic mass is 10.2. The van der Waals surface area contributed by atoms with Crippen molar-refractivity contribution in [2.24, 2.45) is 0 Å². The number of ether oxygens (including phenoxy) is 2. The van der Waals surface area contributed by atoms with E-state index in [4.69, 9.17) is 21.1 Å². The first kappa shape index (κ1) is 17.8. The number of aryl methyl sites for hydroxylation is 1. The zero-order valence-corrected chi connectivity index (χ0v) is 15.4. The highest BCUT2D eigenvalue weighted by Crippen LogP contribution is 2.32. The molecule has 9 nitrogen and oxygen atoms in total. The molecule has 0 fully saturated rings. The van der Waals surface area contributed by atoms with Gasteiger partial charge in [0.2, 0.25) is 12.6 Å². The minimum atomic E-state index is -0.664. The maximum Gasteiger partial charge on any atom is 0.309 e. The molecule has 142 valence electrons. The van der Waals surface area contributed by atoms with Crippen molar-refractivity contribution < 1.29 is 19.1 Å². The number of carbonyl (C=O) groups excluding carboxylic acids is 2. The molecule has 0 unspecified atom stereocenters. The normalized spacial score (nSPS) is 11.9. The van der Waals surface area contributed by atoms with Crippen molar-refractivity contribution in [1.29, 1.82) is 0 Å². The molecule has 1 aliphatic rings. The van der Waals surface area contributed by atoms with Crippen LogP contribution >= 0.6 is 11.6 Å². The summed E-state index contributed by atoms with van der Waals surface area (Å²) in [5, 5.41) is 4.63. The Balaban J connectivity index is 1.45. The van der Waals surface area contributed by atoms with E-state index in [9.17, 15) is 9.59 Å². The Morgan fingerprint density at radius 2 is 1.82 bits per heavy atom. The highest BCUT2D eigenvalue weighted by Gasteiger charge is 2.19. The molecule has 3 aromatic rings. The largest absolute Gasteiger partial charge is 0.454 e. The van der Waals surface area contributed by atoms with Crippen molar-refractivity contribution in [2.75, 3.05) is 6.79 Å². The van der Waals surface area contributed by atoms with E-state index in [-0.39, 0.29) is 12.6 Å². The fourth-order valence-corrected chi connectivity index (χ4v) is 2.83.